The summed E-state index contributed by atoms with van der Waals surface area (Å²) in [7, 11) is 0. The highest BCUT2D eigenvalue weighted by molar-refractivity contribution is 6.25. The van der Waals surface area contributed by atoms with Crippen molar-refractivity contribution in [1.82, 2.24) is 0 Å². The van der Waals surface area contributed by atoms with Gasteiger partial charge >= 0.3 is 0 Å². The van der Waals surface area contributed by atoms with Crippen molar-refractivity contribution < 1.29 is 34.8 Å². The molecule has 1 aromatic rings. The number of fused-ring (bicyclic) bond motifs is 3. The molecule has 0 unspecified atom stereocenters. The van der Waals surface area contributed by atoms with Crippen molar-refractivity contribution in [1.29, 1.82) is 0 Å². The fraction of sp³-hybridized carbons (Fsp3) is 0.435. The van der Waals surface area contributed by atoms with Crippen LogP contribution in [0, 0.1) is 18.8 Å². The van der Waals surface area contributed by atoms with Gasteiger partial charge in [-0.1, -0.05) is 13.0 Å². The van der Waals surface area contributed by atoms with Gasteiger partial charge in [0.05, 0.1) is 5.56 Å². The Kier molecular flexibility index (Phi) is 4.43. The molecule has 0 heterocycles. The van der Waals surface area contributed by atoms with Gasteiger partial charge in [0.2, 0.25) is 5.78 Å². The van der Waals surface area contributed by atoms with E-state index in [-0.39, 0.29) is 29.7 Å². The molecule has 0 fully saturated rings. The van der Waals surface area contributed by atoms with Crippen LogP contribution in [0.25, 0.3) is 0 Å². The second-order valence-electron chi connectivity index (χ2n) is 8.51. The molecule has 0 aromatic heterocycles. The Morgan fingerprint density at radius 2 is 1.87 bits per heavy atom. The lowest BCUT2D eigenvalue weighted by Crippen LogP contribution is -2.56. The summed E-state index contributed by atoms with van der Waals surface area (Å²) in [6.07, 6.45) is 1.06. The zero-order chi connectivity index (χ0) is 22.1. The van der Waals surface area contributed by atoms with E-state index in [1.165, 1.54) is 0 Å². The second-order valence-corrected chi connectivity index (χ2v) is 8.51. The Bertz CT molecular complexity index is 1090. The molecule has 0 bridgehead atoms. The number of aliphatic hydroxyl groups is 3. The maximum absolute atomic E-state index is 13.4. The molecule has 4 rings (SSSR count). The maximum atomic E-state index is 13.4. The third-order valence-corrected chi connectivity index (χ3v) is 6.83. The predicted molar refractivity (Wildman–Crippen MR) is 106 cm³/mol. The number of carbonyl (C=O) groups excluding carboxylic acids is 3. The van der Waals surface area contributed by atoms with Gasteiger partial charge in [-0.25, -0.2) is 0 Å². The van der Waals surface area contributed by atoms with E-state index in [0.29, 0.717) is 24.0 Å². The minimum Gasteiger partial charge on any atom is -0.511 e. The van der Waals surface area contributed by atoms with E-state index >= 15 is 0 Å². The lowest BCUT2D eigenvalue weighted by Gasteiger charge is -2.45. The highest BCUT2D eigenvalue weighted by Gasteiger charge is 2.59. The van der Waals surface area contributed by atoms with E-state index in [1.54, 1.807) is 6.92 Å². The van der Waals surface area contributed by atoms with Gasteiger partial charge in [-0.3, -0.25) is 14.4 Å². The van der Waals surface area contributed by atoms with Crippen LogP contribution in [0.15, 0.2) is 28.7 Å². The van der Waals surface area contributed by atoms with Crippen molar-refractivity contribution in [2.24, 2.45) is 11.8 Å². The number of rotatable bonds is 2. The van der Waals surface area contributed by atoms with Crippen molar-refractivity contribution in [3.63, 3.8) is 0 Å². The van der Waals surface area contributed by atoms with Crippen molar-refractivity contribution in [3.05, 3.63) is 51.0 Å². The van der Waals surface area contributed by atoms with Gasteiger partial charge in [0.1, 0.15) is 22.8 Å². The van der Waals surface area contributed by atoms with Crippen LogP contribution in [0.4, 0.5) is 0 Å². The van der Waals surface area contributed by atoms with Crippen LogP contribution in [0.3, 0.4) is 0 Å². The molecule has 7 heteroatoms. The van der Waals surface area contributed by atoms with E-state index in [2.05, 4.69) is 0 Å². The number of aryl methyl sites for hydroxylation is 2. The van der Waals surface area contributed by atoms with Crippen LogP contribution in [-0.4, -0.2) is 43.4 Å². The van der Waals surface area contributed by atoms with Crippen LogP contribution >= 0.6 is 0 Å². The average Bonchev–Trinajstić information content (AvgIpc) is 2.67. The van der Waals surface area contributed by atoms with Crippen molar-refractivity contribution in [3.8, 4) is 5.75 Å². The highest BCUT2D eigenvalue weighted by atomic mass is 16.3. The summed E-state index contributed by atoms with van der Waals surface area (Å²) in [5, 5.41) is 43.0. The zero-order valence-corrected chi connectivity index (χ0v) is 17.1. The molecule has 0 saturated heterocycles. The van der Waals surface area contributed by atoms with Gasteiger partial charge in [-0.2, -0.15) is 0 Å². The standard InChI is InChI=1S/C23H24O7/c1-4-11-5-9(2)19(26)18-14(11)7-12-6-13-8-15(25)16(10(3)24)21(28)23(13,30)22(29)17(12)20(18)27/h5,12-13,25-26,29-30H,4,6-8H2,1-3H3/t12-,13+,23-/m1/s1. The largest absolute Gasteiger partial charge is 0.511 e. The summed E-state index contributed by atoms with van der Waals surface area (Å²) in [6.45, 7) is 4.73. The van der Waals surface area contributed by atoms with Crippen LogP contribution in [0.1, 0.15) is 53.7 Å². The van der Waals surface area contributed by atoms with Crippen LogP contribution in [0.2, 0.25) is 0 Å². The summed E-state index contributed by atoms with van der Waals surface area (Å²) in [4.78, 5) is 38.2. The van der Waals surface area contributed by atoms with Gasteiger partial charge in [-0.05, 0) is 55.7 Å². The molecule has 3 aliphatic rings. The molecule has 0 saturated carbocycles. The molecular formula is C23H24O7. The smallest absolute Gasteiger partial charge is 0.209 e. The molecule has 7 nitrogen and oxygen atoms in total. The van der Waals surface area contributed by atoms with Crippen LogP contribution in [-0.2, 0) is 22.4 Å². The summed E-state index contributed by atoms with van der Waals surface area (Å²) < 4.78 is 0. The van der Waals surface area contributed by atoms with Gasteiger partial charge in [0, 0.05) is 17.9 Å². The molecule has 0 radical (unpaired) electrons. The number of benzene rings is 1. The number of aliphatic hydroxyl groups excluding tert-OH is 2. The zero-order valence-electron chi connectivity index (χ0n) is 17.1. The van der Waals surface area contributed by atoms with Crippen molar-refractivity contribution in [2.45, 2.75) is 52.1 Å². The predicted octanol–water partition coefficient (Wildman–Crippen LogP) is 2.56. The SMILES string of the molecule is CCc1cc(C)c(O)c2c1C[C@H]1C[C@H]3CC(O)=C(C(C)=O)C(=O)[C@@]3(O)C(O)=C1C2=O. The number of ketones is 3. The number of hydrogen-bond donors (Lipinski definition) is 4. The summed E-state index contributed by atoms with van der Waals surface area (Å²) in [5.74, 6) is -5.09. The Morgan fingerprint density at radius 3 is 2.47 bits per heavy atom. The van der Waals surface area contributed by atoms with Gasteiger partial charge < -0.3 is 20.4 Å². The van der Waals surface area contributed by atoms with E-state index in [0.717, 1.165) is 12.5 Å². The molecular weight excluding hydrogens is 388 g/mol. The summed E-state index contributed by atoms with van der Waals surface area (Å²) in [6, 6.07) is 1.84. The lowest BCUT2D eigenvalue weighted by molar-refractivity contribution is -0.144. The first-order valence-corrected chi connectivity index (χ1v) is 10.1. The lowest BCUT2D eigenvalue weighted by atomic mass is 9.60. The van der Waals surface area contributed by atoms with Gasteiger partial charge in [-0.15, -0.1) is 0 Å². The topological polar surface area (TPSA) is 132 Å². The molecule has 158 valence electrons. The first-order chi connectivity index (χ1) is 14.0. The number of Topliss-reactive ketones (excluding diaryl/α,β-unsaturated/α-hetero) is 3. The van der Waals surface area contributed by atoms with E-state index < -0.39 is 51.9 Å². The molecule has 0 spiro atoms. The van der Waals surface area contributed by atoms with Gasteiger partial charge in [0.25, 0.3) is 0 Å². The van der Waals surface area contributed by atoms with E-state index in [4.69, 9.17) is 0 Å². The molecule has 30 heavy (non-hydrogen) atoms. The summed E-state index contributed by atoms with van der Waals surface area (Å²) >= 11 is 0. The van der Waals surface area contributed by atoms with Crippen molar-refractivity contribution >= 4 is 17.3 Å². The summed E-state index contributed by atoms with van der Waals surface area (Å²) in [5.41, 5.74) is -0.820. The monoisotopic (exact) mass is 412 g/mol. The molecule has 3 atom stereocenters. The highest BCUT2D eigenvalue weighted by Crippen LogP contribution is 2.52. The minimum atomic E-state index is -2.45. The van der Waals surface area contributed by atoms with Crippen molar-refractivity contribution in [2.75, 3.05) is 0 Å². The Hall–Kier alpha value is -2.93. The Balaban J connectivity index is 1.94. The molecule has 0 aliphatic heterocycles. The molecule has 4 N–H and O–H groups in total. The second kappa shape index (κ2) is 6.54. The van der Waals surface area contributed by atoms with Crippen LogP contribution < -0.4 is 0 Å². The number of phenols is 1. The minimum absolute atomic E-state index is 0.0955. The first-order valence-electron chi connectivity index (χ1n) is 10.1. The number of carbonyl (C=O) groups is 3. The average molecular weight is 412 g/mol. The molecule has 0 amide bonds. The number of aromatic hydroxyl groups is 1. The third-order valence-electron chi connectivity index (χ3n) is 6.83. The van der Waals surface area contributed by atoms with Gasteiger partial charge in [0.15, 0.2) is 17.2 Å². The number of allylic oxidation sites excluding steroid dienone is 2. The number of hydrogen-bond acceptors (Lipinski definition) is 7. The fourth-order valence-electron chi connectivity index (χ4n) is 5.34. The molecule has 3 aliphatic carbocycles. The Morgan fingerprint density at radius 1 is 1.20 bits per heavy atom. The quantitative estimate of drug-likeness (QED) is 0.549. The number of phenolic OH excluding ortho intramolecular Hbond substituents is 1. The van der Waals surface area contributed by atoms with Crippen LogP contribution in [0.5, 0.6) is 5.75 Å². The maximum Gasteiger partial charge on any atom is 0.209 e. The first kappa shape index (κ1) is 20.3. The normalized spacial score (nSPS) is 28.3. The van der Waals surface area contributed by atoms with E-state index in [9.17, 15) is 34.8 Å². The third kappa shape index (κ3) is 2.45. The molecule has 1 aromatic carbocycles. The fourth-order valence-corrected chi connectivity index (χ4v) is 5.34. The van der Waals surface area contributed by atoms with E-state index in [1.807, 2.05) is 13.0 Å². The Labute approximate surface area is 173 Å².